The summed E-state index contributed by atoms with van der Waals surface area (Å²) in [6.45, 7) is 2.47. The molecule has 26 heavy (non-hydrogen) atoms. The molecule has 1 aromatic heterocycles. The average Bonchev–Trinajstić information content (AvgIpc) is 2.65. The summed E-state index contributed by atoms with van der Waals surface area (Å²) in [5.41, 5.74) is 1.26. The number of pyridine rings is 1. The number of aromatic nitrogens is 1. The number of methoxy groups -OCH3 is 1. The van der Waals surface area contributed by atoms with Crippen molar-refractivity contribution in [3.05, 3.63) is 59.4 Å². The lowest BCUT2D eigenvalue weighted by Gasteiger charge is -2.08. The number of amides is 2. The van der Waals surface area contributed by atoms with Crippen molar-refractivity contribution in [2.75, 3.05) is 25.6 Å². The summed E-state index contributed by atoms with van der Waals surface area (Å²) in [6, 6.07) is 11.3. The molecule has 1 heterocycles. The van der Waals surface area contributed by atoms with E-state index in [0.717, 1.165) is 0 Å². The SMILES string of the molecule is COCCCNC(=O)c1cccc(C(=O)Nc2cccc(C(C)=O)c2)n1. The van der Waals surface area contributed by atoms with Crippen LogP contribution >= 0.6 is 0 Å². The minimum absolute atomic E-state index is 0.0913. The molecule has 7 heteroatoms. The predicted molar refractivity (Wildman–Crippen MR) is 97.5 cm³/mol. The summed E-state index contributed by atoms with van der Waals surface area (Å²) in [6.07, 6.45) is 0.689. The second kappa shape index (κ2) is 9.43. The third kappa shape index (κ3) is 5.49. The number of hydrogen-bond donors (Lipinski definition) is 2. The molecule has 0 atom stereocenters. The third-order valence-corrected chi connectivity index (χ3v) is 3.55. The van der Waals surface area contributed by atoms with Crippen LogP contribution in [0, 0.1) is 0 Å². The summed E-state index contributed by atoms with van der Waals surface area (Å²) < 4.78 is 4.92. The van der Waals surface area contributed by atoms with Crippen molar-refractivity contribution in [2.24, 2.45) is 0 Å². The molecule has 2 N–H and O–H groups in total. The lowest BCUT2D eigenvalue weighted by Crippen LogP contribution is -2.27. The van der Waals surface area contributed by atoms with Gasteiger partial charge in [-0.05, 0) is 37.6 Å². The third-order valence-electron chi connectivity index (χ3n) is 3.55. The number of nitrogens with zero attached hydrogens (tertiary/aromatic N) is 1. The zero-order chi connectivity index (χ0) is 18.9. The smallest absolute Gasteiger partial charge is 0.274 e. The molecule has 2 rings (SSSR count). The number of ketones is 1. The molecule has 0 saturated heterocycles. The van der Waals surface area contributed by atoms with E-state index >= 15 is 0 Å². The van der Waals surface area contributed by atoms with Crippen LogP contribution in [0.3, 0.4) is 0 Å². The zero-order valence-electron chi connectivity index (χ0n) is 14.7. The second-order valence-corrected chi connectivity index (χ2v) is 5.60. The number of Topliss-reactive ketones (excluding diaryl/α,β-unsaturated/α-hetero) is 1. The van der Waals surface area contributed by atoms with Crippen LogP contribution in [-0.4, -0.2) is 42.8 Å². The highest BCUT2D eigenvalue weighted by Gasteiger charge is 2.13. The molecule has 0 aliphatic carbocycles. The van der Waals surface area contributed by atoms with Crippen LogP contribution in [0.25, 0.3) is 0 Å². The van der Waals surface area contributed by atoms with Gasteiger partial charge in [-0.25, -0.2) is 4.98 Å². The summed E-state index contributed by atoms with van der Waals surface area (Å²) in [5.74, 6) is -0.902. The molecule has 0 bridgehead atoms. The van der Waals surface area contributed by atoms with E-state index in [1.165, 1.54) is 13.0 Å². The highest BCUT2D eigenvalue weighted by atomic mass is 16.5. The first-order valence-electron chi connectivity index (χ1n) is 8.18. The highest BCUT2D eigenvalue weighted by molar-refractivity contribution is 6.04. The predicted octanol–water partition coefficient (Wildman–Crippen LogP) is 2.30. The minimum atomic E-state index is -0.459. The van der Waals surface area contributed by atoms with Crippen molar-refractivity contribution < 1.29 is 19.1 Å². The molecular formula is C19H21N3O4. The Labute approximate surface area is 151 Å². The van der Waals surface area contributed by atoms with Gasteiger partial charge in [0, 0.05) is 31.5 Å². The number of anilines is 1. The van der Waals surface area contributed by atoms with E-state index in [9.17, 15) is 14.4 Å². The molecule has 0 radical (unpaired) electrons. The molecule has 7 nitrogen and oxygen atoms in total. The monoisotopic (exact) mass is 355 g/mol. The van der Waals surface area contributed by atoms with Crippen molar-refractivity contribution >= 4 is 23.3 Å². The Hall–Kier alpha value is -3.06. The van der Waals surface area contributed by atoms with Crippen LogP contribution in [0.5, 0.6) is 0 Å². The lowest BCUT2D eigenvalue weighted by molar-refractivity contribution is 0.0942. The van der Waals surface area contributed by atoms with Crippen LogP contribution in [0.1, 0.15) is 44.7 Å². The molecule has 0 aliphatic rings. The fourth-order valence-electron chi connectivity index (χ4n) is 2.21. The number of ether oxygens (including phenoxy) is 1. The molecule has 0 saturated carbocycles. The van der Waals surface area contributed by atoms with Gasteiger partial charge < -0.3 is 15.4 Å². The topological polar surface area (TPSA) is 97.4 Å². The Bertz CT molecular complexity index is 805. The van der Waals surface area contributed by atoms with Gasteiger partial charge in [-0.1, -0.05) is 18.2 Å². The number of carbonyl (C=O) groups is 3. The quantitative estimate of drug-likeness (QED) is 0.559. The van der Waals surface area contributed by atoms with Crippen LogP contribution in [-0.2, 0) is 4.74 Å². The van der Waals surface area contributed by atoms with E-state index in [1.54, 1.807) is 43.5 Å². The van der Waals surface area contributed by atoms with Crippen molar-refractivity contribution in [3.8, 4) is 0 Å². The average molecular weight is 355 g/mol. The Morgan fingerprint density at radius 1 is 1.04 bits per heavy atom. The summed E-state index contributed by atoms with van der Waals surface area (Å²) in [7, 11) is 1.59. The molecule has 0 unspecified atom stereocenters. The van der Waals surface area contributed by atoms with E-state index < -0.39 is 5.91 Å². The number of hydrogen-bond acceptors (Lipinski definition) is 5. The zero-order valence-corrected chi connectivity index (χ0v) is 14.7. The summed E-state index contributed by atoms with van der Waals surface area (Å²) in [5, 5.41) is 5.40. The molecule has 0 spiro atoms. The van der Waals surface area contributed by atoms with Gasteiger partial charge in [0.25, 0.3) is 11.8 Å². The largest absolute Gasteiger partial charge is 0.385 e. The molecule has 0 aliphatic heterocycles. The van der Waals surface area contributed by atoms with Crippen LogP contribution in [0.15, 0.2) is 42.5 Å². The molecular weight excluding hydrogens is 334 g/mol. The van der Waals surface area contributed by atoms with Crippen LogP contribution in [0.2, 0.25) is 0 Å². The van der Waals surface area contributed by atoms with Gasteiger partial charge >= 0.3 is 0 Å². The van der Waals surface area contributed by atoms with Gasteiger partial charge in [0.05, 0.1) is 0 Å². The van der Waals surface area contributed by atoms with Crippen LogP contribution in [0.4, 0.5) is 5.69 Å². The van der Waals surface area contributed by atoms with Gasteiger partial charge in [-0.2, -0.15) is 0 Å². The first-order chi connectivity index (χ1) is 12.5. The maximum Gasteiger partial charge on any atom is 0.274 e. The standard InChI is InChI=1S/C19H21N3O4/c1-13(23)14-6-3-7-15(12-14)21-19(25)17-9-4-8-16(22-17)18(24)20-10-5-11-26-2/h3-4,6-9,12H,5,10-11H2,1-2H3,(H,20,24)(H,21,25). The van der Waals surface area contributed by atoms with Crippen LogP contribution < -0.4 is 10.6 Å². The Morgan fingerprint density at radius 3 is 2.42 bits per heavy atom. The van der Waals surface area contributed by atoms with Gasteiger partial charge in [-0.3, -0.25) is 14.4 Å². The summed E-state index contributed by atoms with van der Waals surface area (Å²) >= 11 is 0. The molecule has 136 valence electrons. The molecule has 2 amide bonds. The minimum Gasteiger partial charge on any atom is -0.385 e. The second-order valence-electron chi connectivity index (χ2n) is 5.60. The van der Waals surface area contributed by atoms with E-state index in [4.69, 9.17) is 4.74 Å². The van der Waals surface area contributed by atoms with E-state index in [-0.39, 0.29) is 23.1 Å². The van der Waals surface area contributed by atoms with Crippen molar-refractivity contribution in [3.63, 3.8) is 0 Å². The normalized spacial score (nSPS) is 10.2. The maximum atomic E-state index is 12.4. The number of nitrogens with one attached hydrogen (secondary N) is 2. The summed E-state index contributed by atoms with van der Waals surface area (Å²) in [4.78, 5) is 40.0. The molecule has 0 fully saturated rings. The van der Waals surface area contributed by atoms with E-state index in [1.807, 2.05) is 0 Å². The Balaban J connectivity index is 2.04. The Kier molecular flexibility index (Phi) is 6.99. The number of benzene rings is 1. The van der Waals surface area contributed by atoms with Crippen molar-refractivity contribution in [1.29, 1.82) is 0 Å². The van der Waals surface area contributed by atoms with E-state index in [2.05, 4.69) is 15.6 Å². The van der Waals surface area contributed by atoms with Gasteiger partial charge in [0.15, 0.2) is 5.78 Å². The number of rotatable bonds is 8. The van der Waals surface area contributed by atoms with E-state index in [0.29, 0.717) is 30.8 Å². The van der Waals surface area contributed by atoms with Crippen molar-refractivity contribution in [2.45, 2.75) is 13.3 Å². The first-order valence-corrected chi connectivity index (χ1v) is 8.18. The molecule has 2 aromatic rings. The molecule has 1 aromatic carbocycles. The Morgan fingerprint density at radius 2 is 1.73 bits per heavy atom. The fraction of sp³-hybridized carbons (Fsp3) is 0.263. The van der Waals surface area contributed by atoms with Gasteiger partial charge in [0.2, 0.25) is 0 Å². The lowest BCUT2D eigenvalue weighted by atomic mass is 10.1. The van der Waals surface area contributed by atoms with Crippen molar-refractivity contribution in [1.82, 2.24) is 10.3 Å². The fourth-order valence-corrected chi connectivity index (χ4v) is 2.21. The van der Waals surface area contributed by atoms with Gasteiger partial charge in [0.1, 0.15) is 11.4 Å². The first kappa shape index (κ1) is 19.3. The maximum absolute atomic E-state index is 12.4. The number of carbonyl (C=O) groups excluding carboxylic acids is 3. The highest BCUT2D eigenvalue weighted by Crippen LogP contribution is 2.12. The van der Waals surface area contributed by atoms with Gasteiger partial charge in [-0.15, -0.1) is 0 Å².